The molecule has 2 aromatic heterocycles. The Morgan fingerprint density at radius 3 is 2.79 bits per heavy atom. The largest absolute Gasteiger partial charge is 0.462 e. The predicted octanol–water partition coefficient (Wildman–Crippen LogP) is 4.21. The van der Waals surface area contributed by atoms with Crippen molar-refractivity contribution >= 4 is 35.0 Å². The summed E-state index contributed by atoms with van der Waals surface area (Å²) in [6.45, 7) is 3.23. The van der Waals surface area contributed by atoms with Gasteiger partial charge in [-0.15, -0.1) is 0 Å². The maximum absolute atomic E-state index is 13.5. The molecule has 8 nitrogen and oxygen atoms in total. The number of aliphatic hydroxyl groups is 1. The molecule has 0 spiro atoms. The maximum Gasteiger partial charge on any atom is 0.339 e. The molecule has 1 fully saturated rings. The number of carbonyl (C=O) groups excluding carboxylic acids is 1. The van der Waals surface area contributed by atoms with Gasteiger partial charge in [0.05, 0.1) is 23.3 Å². The van der Waals surface area contributed by atoms with Gasteiger partial charge in [-0.05, 0) is 44.0 Å². The highest BCUT2D eigenvalue weighted by Gasteiger charge is 2.23. The molecule has 0 unspecified atom stereocenters. The monoisotopic (exact) mass is 471 g/mol. The van der Waals surface area contributed by atoms with E-state index in [1.54, 1.807) is 31.5 Å². The van der Waals surface area contributed by atoms with E-state index in [9.17, 15) is 14.3 Å². The SMILES string of the molecule is CCOC(=O)c1cncc(-c2cnc(Nc3ccc(F)c(Cl)c3)nc2N2CCC(O)CC2)c1. The minimum atomic E-state index is -0.514. The summed E-state index contributed by atoms with van der Waals surface area (Å²) in [4.78, 5) is 27.5. The number of anilines is 3. The van der Waals surface area contributed by atoms with Crippen LogP contribution in [0, 0.1) is 5.82 Å². The molecule has 4 rings (SSSR count). The van der Waals surface area contributed by atoms with Crippen molar-refractivity contribution in [3.8, 4) is 11.1 Å². The van der Waals surface area contributed by atoms with Crippen LogP contribution in [-0.2, 0) is 4.74 Å². The van der Waals surface area contributed by atoms with Gasteiger partial charge < -0.3 is 20.1 Å². The quantitative estimate of drug-likeness (QED) is 0.515. The lowest BCUT2D eigenvalue weighted by atomic mass is 10.0. The van der Waals surface area contributed by atoms with Crippen LogP contribution in [-0.4, -0.2) is 51.8 Å². The van der Waals surface area contributed by atoms with Gasteiger partial charge in [0.1, 0.15) is 11.6 Å². The number of aliphatic hydroxyl groups excluding tert-OH is 1. The average Bonchev–Trinajstić information content (AvgIpc) is 2.82. The van der Waals surface area contributed by atoms with Crippen molar-refractivity contribution in [1.82, 2.24) is 15.0 Å². The fourth-order valence-electron chi connectivity index (χ4n) is 3.57. The molecule has 1 aromatic carbocycles. The molecule has 2 N–H and O–H groups in total. The molecule has 33 heavy (non-hydrogen) atoms. The Hall–Kier alpha value is -3.30. The molecule has 3 heterocycles. The number of rotatable bonds is 6. The number of benzene rings is 1. The van der Waals surface area contributed by atoms with E-state index in [4.69, 9.17) is 21.3 Å². The zero-order chi connectivity index (χ0) is 23.4. The minimum Gasteiger partial charge on any atom is -0.462 e. The summed E-state index contributed by atoms with van der Waals surface area (Å²) in [6, 6.07) is 5.96. The van der Waals surface area contributed by atoms with Crippen LogP contribution < -0.4 is 10.2 Å². The average molecular weight is 472 g/mol. The molecule has 0 radical (unpaired) electrons. The van der Waals surface area contributed by atoms with E-state index in [0.717, 1.165) is 0 Å². The van der Waals surface area contributed by atoms with Crippen molar-refractivity contribution in [2.45, 2.75) is 25.9 Å². The van der Waals surface area contributed by atoms with Gasteiger partial charge in [-0.1, -0.05) is 11.6 Å². The van der Waals surface area contributed by atoms with Gasteiger partial charge in [0.15, 0.2) is 0 Å². The maximum atomic E-state index is 13.5. The first-order valence-electron chi connectivity index (χ1n) is 10.6. The van der Waals surface area contributed by atoms with Crippen LogP contribution >= 0.6 is 11.6 Å². The summed E-state index contributed by atoms with van der Waals surface area (Å²) in [5.74, 6) is -0.0330. The predicted molar refractivity (Wildman–Crippen MR) is 123 cm³/mol. The highest BCUT2D eigenvalue weighted by Crippen LogP contribution is 2.32. The molecule has 0 saturated carbocycles. The molecule has 172 valence electrons. The van der Waals surface area contributed by atoms with E-state index in [1.807, 2.05) is 0 Å². The fraction of sp³-hybridized carbons (Fsp3) is 0.304. The van der Waals surface area contributed by atoms with Crippen LogP contribution in [0.25, 0.3) is 11.1 Å². The third-order valence-electron chi connectivity index (χ3n) is 5.27. The summed E-state index contributed by atoms with van der Waals surface area (Å²) in [7, 11) is 0. The Morgan fingerprint density at radius 2 is 2.06 bits per heavy atom. The normalized spacial score (nSPS) is 14.2. The van der Waals surface area contributed by atoms with Crippen molar-refractivity contribution in [2.24, 2.45) is 0 Å². The van der Waals surface area contributed by atoms with Crippen molar-refractivity contribution < 1.29 is 19.0 Å². The van der Waals surface area contributed by atoms with Gasteiger partial charge in [-0.2, -0.15) is 4.98 Å². The Balaban J connectivity index is 1.71. The smallest absolute Gasteiger partial charge is 0.339 e. The number of hydrogen-bond acceptors (Lipinski definition) is 8. The van der Waals surface area contributed by atoms with E-state index in [1.165, 1.54) is 18.3 Å². The Bertz CT molecular complexity index is 1150. The second-order valence-electron chi connectivity index (χ2n) is 7.59. The molecule has 0 amide bonds. The van der Waals surface area contributed by atoms with Gasteiger partial charge in [0, 0.05) is 48.5 Å². The number of piperidine rings is 1. The lowest BCUT2D eigenvalue weighted by Crippen LogP contribution is -2.36. The van der Waals surface area contributed by atoms with Crippen LogP contribution in [0.15, 0.2) is 42.9 Å². The number of halogens is 2. The Morgan fingerprint density at radius 1 is 1.27 bits per heavy atom. The van der Waals surface area contributed by atoms with Crippen LogP contribution in [0.4, 0.5) is 21.8 Å². The molecule has 1 saturated heterocycles. The second kappa shape index (κ2) is 10.1. The lowest BCUT2D eigenvalue weighted by molar-refractivity contribution is 0.0526. The summed E-state index contributed by atoms with van der Waals surface area (Å²) < 4.78 is 18.6. The molecular formula is C23H23ClFN5O3. The van der Waals surface area contributed by atoms with E-state index in [0.29, 0.717) is 60.1 Å². The van der Waals surface area contributed by atoms with E-state index >= 15 is 0 Å². The standard InChI is InChI=1S/C23H23ClFN5O3/c1-2-33-22(32)15-9-14(11-26-12-15)18-13-27-23(28-16-3-4-20(25)19(24)10-16)29-21(18)30-7-5-17(31)6-8-30/h3-4,9-13,17,31H,2,5-8H2,1H3,(H,27,28,29). The topological polar surface area (TPSA) is 100 Å². The van der Waals surface area contributed by atoms with Crippen LogP contribution in [0.2, 0.25) is 5.02 Å². The van der Waals surface area contributed by atoms with Gasteiger partial charge in [-0.25, -0.2) is 14.2 Å². The van der Waals surface area contributed by atoms with Gasteiger partial charge in [-0.3, -0.25) is 4.98 Å². The molecule has 0 bridgehead atoms. The highest BCUT2D eigenvalue weighted by molar-refractivity contribution is 6.31. The molecule has 1 aliphatic rings. The number of nitrogens with one attached hydrogen (secondary N) is 1. The van der Waals surface area contributed by atoms with Crippen molar-refractivity contribution in [1.29, 1.82) is 0 Å². The molecule has 10 heteroatoms. The molecule has 1 aliphatic heterocycles. The number of nitrogens with zero attached hydrogens (tertiary/aromatic N) is 4. The molecule has 3 aromatic rings. The number of esters is 1. The number of carbonyl (C=O) groups is 1. The number of pyridine rings is 1. The van der Waals surface area contributed by atoms with E-state index in [2.05, 4.69) is 20.2 Å². The van der Waals surface area contributed by atoms with E-state index < -0.39 is 11.8 Å². The van der Waals surface area contributed by atoms with Crippen molar-refractivity contribution in [3.05, 3.63) is 59.3 Å². The first-order valence-corrected chi connectivity index (χ1v) is 11.0. The minimum absolute atomic E-state index is 0.0104. The number of hydrogen-bond donors (Lipinski definition) is 2. The highest BCUT2D eigenvalue weighted by atomic mass is 35.5. The van der Waals surface area contributed by atoms with Gasteiger partial charge in [0.25, 0.3) is 0 Å². The Labute approximate surface area is 195 Å². The van der Waals surface area contributed by atoms with Crippen LogP contribution in [0.1, 0.15) is 30.1 Å². The van der Waals surface area contributed by atoms with E-state index in [-0.39, 0.29) is 17.7 Å². The lowest BCUT2D eigenvalue weighted by Gasteiger charge is -2.32. The first kappa shape index (κ1) is 22.9. The summed E-state index contributed by atoms with van der Waals surface area (Å²) in [6.07, 6.45) is 5.61. The number of ether oxygens (including phenoxy) is 1. The Kier molecular flexibility index (Phi) is 7.00. The van der Waals surface area contributed by atoms with Crippen LogP contribution in [0.5, 0.6) is 0 Å². The van der Waals surface area contributed by atoms with Crippen molar-refractivity contribution in [2.75, 3.05) is 29.9 Å². The summed E-state index contributed by atoms with van der Waals surface area (Å²) >= 11 is 5.88. The van der Waals surface area contributed by atoms with Crippen LogP contribution in [0.3, 0.4) is 0 Å². The zero-order valence-electron chi connectivity index (χ0n) is 18.0. The zero-order valence-corrected chi connectivity index (χ0v) is 18.7. The fourth-order valence-corrected chi connectivity index (χ4v) is 3.75. The molecule has 0 aliphatic carbocycles. The van der Waals surface area contributed by atoms with Gasteiger partial charge >= 0.3 is 5.97 Å². The first-order chi connectivity index (χ1) is 15.9. The summed E-state index contributed by atoms with van der Waals surface area (Å²) in [5, 5.41) is 13.0. The third-order valence-corrected chi connectivity index (χ3v) is 5.56. The van der Waals surface area contributed by atoms with Gasteiger partial charge in [0.2, 0.25) is 5.95 Å². The third kappa shape index (κ3) is 5.37. The summed E-state index contributed by atoms with van der Waals surface area (Å²) in [5.41, 5.74) is 2.23. The van der Waals surface area contributed by atoms with Crippen molar-refractivity contribution in [3.63, 3.8) is 0 Å². The second-order valence-corrected chi connectivity index (χ2v) is 7.99. The molecular weight excluding hydrogens is 449 g/mol. The number of aromatic nitrogens is 3. The molecule has 0 atom stereocenters.